The van der Waals surface area contributed by atoms with E-state index in [2.05, 4.69) is 51.4 Å². The van der Waals surface area contributed by atoms with Gasteiger partial charge >= 0.3 is 0 Å². The highest BCUT2D eigenvalue weighted by atomic mass is 16.5. The van der Waals surface area contributed by atoms with Gasteiger partial charge in [-0.15, -0.1) is 0 Å². The topological polar surface area (TPSA) is 62.6 Å². The Hall–Kier alpha value is -2.47. The van der Waals surface area contributed by atoms with Crippen LogP contribution in [0.15, 0.2) is 29.4 Å². The minimum atomic E-state index is 0.517. The fourth-order valence-corrected chi connectivity index (χ4v) is 2.66. The zero-order valence-corrected chi connectivity index (χ0v) is 14.4. The monoisotopic (exact) mass is 325 g/mol. The fraction of sp³-hybridized carbons (Fsp3) is 0.389. The molecular formula is C18H23N5O. The van der Waals surface area contributed by atoms with Crippen molar-refractivity contribution >= 4 is 18.0 Å². The molecule has 0 bridgehead atoms. The number of hydrogen-bond acceptors (Lipinski definition) is 6. The molecule has 1 aliphatic rings. The van der Waals surface area contributed by atoms with Gasteiger partial charge in [-0.25, -0.2) is 10.4 Å². The molecule has 1 saturated heterocycles. The molecule has 0 amide bonds. The van der Waals surface area contributed by atoms with Crippen molar-refractivity contribution in [3.63, 3.8) is 0 Å². The van der Waals surface area contributed by atoms with Crippen LogP contribution in [0, 0.1) is 20.8 Å². The van der Waals surface area contributed by atoms with Crippen molar-refractivity contribution in [1.82, 2.24) is 9.97 Å². The Bertz CT molecular complexity index is 738. The second-order valence-corrected chi connectivity index (χ2v) is 5.96. The van der Waals surface area contributed by atoms with Crippen LogP contribution in [-0.2, 0) is 4.74 Å². The lowest BCUT2D eigenvalue weighted by atomic mass is 10.2. The summed E-state index contributed by atoms with van der Waals surface area (Å²) in [6.07, 6.45) is 1.78. The second kappa shape index (κ2) is 7.40. The summed E-state index contributed by atoms with van der Waals surface area (Å²) in [6.45, 7) is 9.28. The number of ether oxygens (including phenoxy) is 1. The third-order valence-corrected chi connectivity index (χ3v) is 4.09. The summed E-state index contributed by atoms with van der Waals surface area (Å²) in [6, 6.07) is 8.16. The highest BCUT2D eigenvalue weighted by Crippen LogP contribution is 2.22. The Morgan fingerprint density at radius 1 is 1.17 bits per heavy atom. The maximum absolute atomic E-state index is 5.42. The van der Waals surface area contributed by atoms with Gasteiger partial charge < -0.3 is 9.64 Å². The minimum absolute atomic E-state index is 0.517. The van der Waals surface area contributed by atoms with Crippen LogP contribution in [0.25, 0.3) is 0 Å². The number of anilines is 2. The summed E-state index contributed by atoms with van der Waals surface area (Å²) in [5.74, 6) is 1.47. The molecule has 2 heterocycles. The third-order valence-electron chi connectivity index (χ3n) is 4.09. The Balaban J connectivity index is 1.77. The van der Waals surface area contributed by atoms with Crippen LogP contribution < -0.4 is 10.3 Å². The summed E-state index contributed by atoms with van der Waals surface area (Å²) in [4.78, 5) is 11.4. The largest absolute Gasteiger partial charge is 0.378 e. The highest BCUT2D eigenvalue weighted by molar-refractivity contribution is 5.80. The van der Waals surface area contributed by atoms with Crippen LogP contribution in [0.5, 0.6) is 0 Å². The smallest absolute Gasteiger partial charge is 0.245 e. The number of aromatic nitrogens is 2. The maximum Gasteiger partial charge on any atom is 0.245 e. The van der Waals surface area contributed by atoms with Gasteiger partial charge in [-0.3, -0.25) is 0 Å². The summed E-state index contributed by atoms with van der Waals surface area (Å²) >= 11 is 0. The number of morpholine rings is 1. The van der Waals surface area contributed by atoms with Crippen molar-refractivity contribution in [2.24, 2.45) is 5.10 Å². The number of hydrazone groups is 1. The van der Waals surface area contributed by atoms with E-state index >= 15 is 0 Å². The molecular weight excluding hydrogens is 302 g/mol. The van der Waals surface area contributed by atoms with Crippen molar-refractivity contribution in [3.8, 4) is 0 Å². The molecule has 1 fully saturated rings. The first-order chi connectivity index (χ1) is 11.6. The summed E-state index contributed by atoms with van der Waals surface area (Å²) in [5.41, 5.74) is 7.26. The minimum Gasteiger partial charge on any atom is -0.378 e. The molecule has 0 saturated carbocycles. The van der Waals surface area contributed by atoms with E-state index in [9.17, 15) is 0 Å². The molecule has 0 radical (unpaired) electrons. The van der Waals surface area contributed by atoms with Gasteiger partial charge in [0.25, 0.3) is 0 Å². The van der Waals surface area contributed by atoms with Crippen LogP contribution in [0.3, 0.4) is 0 Å². The number of nitrogens with zero attached hydrogens (tertiary/aromatic N) is 4. The number of hydrogen-bond donors (Lipinski definition) is 1. The van der Waals surface area contributed by atoms with Gasteiger partial charge in [-0.05, 0) is 26.3 Å². The number of benzene rings is 1. The van der Waals surface area contributed by atoms with E-state index in [1.807, 2.05) is 19.1 Å². The average molecular weight is 325 g/mol. The zero-order chi connectivity index (χ0) is 16.9. The lowest BCUT2D eigenvalue weighted by Gasteiger charge is -2.29. The van der Waals surface area contributed by atoms with Crippen molar-refractivity contribution in [2.75, 3.05) is 36.6 Å². The Kier molecular flexibility index (Phi) is 5.05. The first-order valence-corrected chi connectivity index (χ1v) is 8.17. The van der Waals surface area contributed by atoms with E-state index in [0.29, 0.717) is 5.95 Å². The van der Waals surface area contributed by atoms with Gasteiger partial charge in [0.05, 0.1) is 19.4 Å². The Morgan fingerprint density at radius 2 is 1.96 bits per heavy atom. The summed E-state index contributed by atoms with van der Waals surface area (Å²) in [5, 5.41) is 4.27. The second-order valence-electron chi connectivity index (χ2n) is 5.96. The predicted octanol–water partition coefficient (Wildman–Crippen LogP) is 2.68. The standard InChI is InChI=1S/C18H23N5O/c1-13-5-4-6-16(11-13)12-19-22-18-20-15(3)14(2)17(21-18)23-7-9-24-10-8-23/h4-6,11-12H,7-10H2,1-3H3,(H,20,21,22)/b19-12+. The molecule has 6 heteroatoms. The van der Waals surface area contributed by atoms with E-state index in [1.165, 1.54) is 5.56 Å². The van der Waals surface area contributed by atoms with E-state index in [-0.39, 0.29) is 0 Å². The average Bonchev–Trinajstić information content (AvgIpc) is 2.59. The molecule has 1 aromatic heterocycles. The van der Waals surface area contributed by atoms with Crippen molar-refractivity contribution in [1.29, 1.82) is 0 Å². The predicted molar refractivity (Wildman–Crippen MR) is 96.9 cm³/mol. The molecule has 1 aromatic carbocycles. The Morgan fingerprint density at radius 3 is 2.71 bits per heavy atom. The quantitative estimate of drug-likeness (QED) is 0.692. The molecule has 1 N–H and O–H groups in total. The molecule has 0 spiro atoms. The van der Waals surface area contributed by atoms with Crippen LogP contribution in [0.4, 0.5) is 11.8 Å². The summed E-state index contributed by atoms with van der Waals surface area (Å²) < 4.78 is 5.42. The molecule has 2 aromatic rings. The summed E-state index contributed by atoms with van der Waals surface area (Å²) in [7, 11) is 0. The van der Waals surface area contributed by atoms with E-state index in [0.717, 1.165) is 48.9 Å². The maximum atomic E-state index is 5.42. The Labute approximate surface area is 142 Å². The van der Waals surface area contributed by atoms with E-state index in [4.69, 9.17) is 4.74 Å². The molecule has 0 unspecified atom stereocenters. The van der Waals surface area contributed by atoms with Gasteiger partial charge in [-0.1, -0.05) is 29.8 Å². The van der Waals surface area contributed by atoms with Gasteiger partial charge in [0.2, 0.25) is 5.95 Å². The van der Waals surface area contributed by atoms with Crippen LogP contribution in [0.2, 0.25) is 0 Å². The van der Waals surface area contributed by atoms with Gasteiger partial charge in [0.1, 0.15) is 5.82 Å². The van der Waals surface area contributed by atoms with Gasteiger partial charge in [-0.2, -0.15) is 10.1 Å². The molecule has 0 aliphatic carbocycles. The van der Waals surface area contributed by atoms with Gasteiger partial charge in [0, 0.05) is 24.3 Å². The normalized spacial score (nSPS) is 15.0. The van der Waals surface area contributed by atoms with Crippen LogP contribution >= 0.6 is 0 Å². The molecule has 126 valence electrons. The number of aryl methyl sites for hydroxylation is 2. The molecule has 0 atom stereocenters. The zero-order valence-electron chi connectivity index (χ0n) is 14.4. The van der Waals surface area contributed by atoms with Crippen molar-refractivity contribution in [3.05, 3.63) is 46.6 Å². The van der Waals surface area contributed by atoms with Crippen molar-refractivity contribution < 1.29 is 4.74 Å². The van der Waals surface area contributed by atoms with Gasteiger partial charge in [0.15, 0.2) is 0 Å². The first-order valence-electron chi connectivity index (χ1n) is 8.17. The lowest BCUT2D eigenvalue weighted by Crippen LogP contribution is -2.37. The third kappa shape index (κ3) is 3.89. The lowest BCUT2D eigenvalue weighted by molar-refractivity contribution is 0.122. The first kappa shape index (κ1) is 16.4. The highest BCUT2D eigenvalue weighted by Gasteiger charge is 2.17. The molecule has 3 rings (SSSR count). The van der Waals surface area contributed by atoms with Crippen LogP contribution in [-0.4, -0.2) is 42.5 Å². The van der Waals surface area contributed by atoms with Crippen LogP contribution in [0.1, 0.15) is 22.4 Å². The van der Waals surface area contributed by atoms with E-state index < -0.39 is 0 Å². The molecule has 1 aliphatic heterocycles. The molecule has 24 heavy (non-hydrogen) atoms. The molecule has 6 nitrogen and oxygen atoms in total. The number of rotatable bonds is 4. The van der Waals surface area contributed by atoms with E-state index in [1.54, 1.807) is 6.21 Å². The fourth-order valence-electron chi connectivity index (χ4n) is 2.66. The number of nitrogens with one attached hydrogen (secondary N) is 1. The SMILES string of the molecule is Cc1cccc(/C=N/Nc2nc(C)c(C)c(N3CCOCC3)n2)c1. The van der Waals surface area contributed by atoms with Crippen molar-refractivity contribution in [2.45, 2.75) is 20.8 Å².